The Balaban J connectivity index is 0.000000241. The summed E-state index contributed by atoms with van der Waals surface area (Å²) >= 11 is 6.19. The standard InChI is InChI=1S/C17H18ClN5O.C12H24N2O2/c18-13-9-21-15(20)8-12(13)14-2-1-3-16(23-14)22-11-17(10-19)4-6-24-7-5-17;1-11(15)13-7-9-16-10-8-14-12-5-3-2-4-6-12/h1-3,8-9H,4-7,11H2,(H2,20,21)(H,22,23);12,14H,2-10H2,1H3,(H,13,15). The number of nitrogens with two attached hydrogens (primary N) is 1. The lowest BCUT2D eigenvalue weighted by Gasteiger charge is -2.30. The Kier molecular flexibility index (Phi) is 13.4. The molecule has 3 heterocycles. The van der Waals surface area contributed by atoms with E-state index in [1.54, 1.807) is 6.07 Å². The Bertz CT molecular complexity index is 1100. The van der Waals surface area contributed by atoms with Crippen LogP contribution < -0.4 is 21.7 Å². The zero-order chi connectivity index (χ0) is 28.6. The Morgan fingerprint density at radius 2 is 1.98 bits per heavy atom. The lowest BCUT2D eigenvalue weighted by atomic mass is 9.82. The van der Waals surface area contributed by atoms with Crippen LogP contribution in [0.1, 0.15) is 51.9 Å². The van der Waals surface area contributed by atoms with E-state index in [1.807, 2.05) is 18.2 Å². The zero-order valence-electron chi connectivity index (χ0n) is 23.4. The number of carbonyl (C=O) groups excluding carboxylic acids is 1. The molecule has 2 aromatic rings. The first-order valence-electron chi connectivity index (χ1n) is 14.1. The molecule has 0 bridgehead atoms. The molecule has 11 heteroatoms. The van der Waals surface area contributed by atoms with Crippen LogP contribution in [-0.2, 0) is 14.3 Å². The number of nitrogen functional groups attached to an aromatic ring is 1. The van der Waals surface area contributed by atoms with E-state index in [0.717, 1.165) is 31.6 Å². The first-order chi connectivity index (χ1) is 19.4. The van der Waals surface area contributed by atoms with Crippen molar-refractivity contribution in [2.45, 2.75) is 57.9 Å². The lowest BCUT2D eigenvalue weighted by molar-refractivity contribution is -0.119. The molecule has 40 heavy (non-hydrogen) atoms. The van der Waals surface area contributed by atoms with Gasteiger partial charge in [0, 0.05) is 57.6 Å². The average molecular weight is 572 g/mol. The Hall–Kier alpha value is -2.97. The molecular formula is C29H42ClN7O3. The van der Waals surface area contributed by atoms with Gasteiger partial charge < -0.3 is 31.2 Å². The van der Waals surface area contributed by atoms with Crippen LogP contribution in [0.25, 0.3) is 11.3 Å². The minimum absolute atomic E-state index is 0.00364. The number of amides is 1. The van der Waals surface area contributed by atoms with Gasteiger partial charge in [-0.05, 0) is 43.9 Å². The van der Waals surface area contributed by atoms with Gasteiger partial charge in [-0.15, -0.1) is 0 Å². The molecule has 5 N–H and O–H groups in total. The van der Waals surface area contributed by atoms with Gasteiger partial charge in [0.2, 0.25) is 5.91 Å². The largest absolute Gasteiger partial charge is 0.384 e. The number of nitrogens with one attached hydrogen (secondary N) is 3. The van der Waals surface area contributed by atoms with Gasteiger partial charge in [0.15, 0.2) is 0 Å². The van der Waals surface area contributed by atoms with Crippen molar-refractivity contribution in [3.05, 3.63) is 35.5 Å². The van der Waals surface area contributed by atoms with Gasteiger partial charge in [0.05, 0.1) is 35.4 Å². The highest BCUT2D eigenvalue weighted by atomic mass is 35.5. The van der Waals surface area contributed by atoms with Gasteiger partial charge in [0.25, 0.3) is 0 Å². The summed E-state index contributed by atoms with van der Waals surface area (Å²) in [4.78, 5) is 19.1. The first kappa shape index (κ1) is 31.6. The fraction of sp³-hybridized carbons (Fsp3) is 0.586. The summed E-state index contributed by atoms with van der Waals surface area (Å²) in [6.07, 6.45) is 9.71. The average Bonchev–Trinajstić information content (AvgIpc) is 2.98. The molecule has 1 aliphatic heterocycles. The highest BCUT2D eigenvalue weighted by molar-refractivity contribution is 6.33. The van der Waals surface area contributed by atoms with E-state index in [0.29, 0.717) is 61.3 Å². The monoisotopic (exact) mass is 571 g/mol. The summed E-state index contributed by atoms with van der Waals surface area (Å²) in [6.45, 7) is 6.16. The number of pyridine rings is 2. The highest BCUT2D eigenvalue weighted by Gasteiger charge is 2.32. The number of rotatable bonds is 11. The maximum atomic E-state index is 10.6. The predicted molar refractivity (Wildman–Crippen MR) is 158 cm³/mol. The zero-order valence-corrected chi connectivity index (χ0v) is 24.1. The maximum Gasteiger partial charge on any atom is 0.216 e. The minimum atomic E-state index is -0.408. The van der Waals surface area contributed by atoms with Crippen molar-refractivity contribution in [2.24, 2.45) is 5.41 Å². The van der Waals surface area contributed by atoms with E-state index in [9.17, 15) is 10.1 Å². The summed E-state index contributed by atoms with van der Waals surface area (Å²) in [5, 5.41) is 19.5. The smallest absolute Gasteiger partial charge is 0.216 e. The van der Waals surface area contributed by atoms with Gasteiger partial charge >= 0.3 is 0 Å². The Morgan fingerprint density at radius 1 is 1.23 bits per heavy atom. The molecule has 2 aliphatic rings. The minimum Gasteiger partial charge on any atom is -0.384 e. The number of carbonyl (C=O) groups is 1. The molecule has 1 saturated carbocycles. The van der Waals surface area contributed by atoms with Crippen LogP contribution in [-0.4, -0.2) is 68.0 Å². The molecule has 2 fully saturated rings. The number of hydrogen-bond acceptors (Lipinski definition) is 9. The predicted octanol–water partition coefficient (Wildman–Crippen LogP) is 4.17. The second-order valence-corrected chi connectivity index (χ2v) is 10.6. The van der Waals surface area contributed by atoms with Crippen molar-refractivity contribution < 1.29 is 14.3 Å². The second-order valence-electron chi connectivity index (χ2n) is 10.2. The van der Waals surface area contributed by atoms with Crippen molar-refractivity contribution in [3.8, 4) is 17.3 Å². The molecule has 4 rings (SSSR count). The summed E-state index contributed by atoms with van der Waals surface area (Å²) in [7, 11) is 0. The van der Waals surface area contributed by atoms with Gasteiger partial charge in [0.1, 0.15) is 11.6 Å². The van der Waals surface area contributed by atoms with Gasteiger partial charge in [-0.25, -0.2) is 9.97 Å². The van der Waals surface area contributed by atoms with Crippen molar-refractivity contribution in [1.82, 2.24) is 20.6 Å². The number of anilines is 2. The van der Waals surface area contributed by atoms with E-state index in [4.69, 9.17) is 26.8 Å². The van der Waals surface area contributed by atoms with Crippen molar-refractivity contribution in [2.75, 3.05) is 57.1 Å². The van der Waals surface area contributed by atoms with E-state index in [1.165, 1.54) is 45.2 Å². The van der Waals surface area contributed by atoms with E-state index >= 15 is 0 Å². The molecule has 1 saturated heterocycles. The van der Waals surface area contributed by atoms with Crippen molar-refractivity contribution in [1.29, 1.82) is 5.26 Å². The summed E-state index contributed by atoms with van der Waals surface area (Å²) < 4.78 is 10.8. The molecule has 0 radical (unpaired) electrons. The Morgan fingerprint density at radius 3 is 2.70 bits per heavy atom. The van der Waals surface area contributed by atoms with Crippen molar-refractivity contribution in [3.63, 3.8) is 0 Å². The molecule has 1 amide bonds. The molecule has 0 spiro atoms. The molecule has 218 valence electrons. The maximum absolute atomic E-state index is 10.6. The molecule has 0 aromatic carbocycles. The van der Waals surface area contributed by atoms with Gasteiger partial charge in [-0.1, -0.05) is 36.9 Å². The number of nitriles is 1. The SMILES string of the molecule is CC(=O)NCCOCCNC1CCCCC1.N#CC1(CNc2cccc(-c3cc(N)ncc3Cl)n2)CCOCC1. The highest BCUT2D eigenvalue weighted by Crippen LogP contribution is 2.31. The molecule has 1 aliphatic carbocycles. The van der Waals surface area contributed by atoms with Crippen molar-refractivity contribution >= 4 is 29.1 Å². The second kappa shape index (κ2) is 17.0. The van der Waals surface area contributed by atoms with E-state index < -0.39 is 5.41 Å². The number of hydrogen-bond donors (Lipinski definition) is 4. The summed E-state index contributed by atoms with van der Waals surface area (Å²) in [5.41, 5.74) is 6.76. The molecular weight excluding hydrogens is 530 g/mol. The number of halogens is 1. The number of ether oxygens (including phenoxy) is 2. The number of nitrogens with zero attached hydrogens (tertiary/aromatic N) is 3. The lowest BCUT2D eigenvalue weighted by Crippen LogP contribution is -2.34. The normalized spacial score (nSPS) is 16.7. The molecule has 10 nitrogen and oxygen atoms in total. The molecule has 2 aromatic heterocycles. The van der Waals surface area contributed by atoms with Gasteiger partial charge in [-0.2, -0.15) is 5.26 Å². The molecule has 0 unspecified atom stereocenters. The quantitative estimate of drug-likeness (QED) is 0.292. The van der Waals surface area contributed by atoms with Crippen LogP contribution in [0.5, 0.6) is 0 Å². The topological polar surface area (TPSA) is 147 Å². The van der Waals surface area contributed by atoms with Crippen LogP contribution in [0, 0.1) is 16.7 Å². The molecule has 0 atom stereocenters. The summed E-state index contributed by atoms with van der Waals surface area (Å²) in [5.74, 6) is 1.09. The van der Waals surface area contributed by atoms with Crippen LogP contribution in [0.15, 0.2) is 30.5 Å². The van der Waals surface area contributed by atoms with E-state index in [2.05, 4.69) is 32.0 Å². The third kappa shape index (κ3) is 10.9. The fourth-order valence-corrected chi connectivity index (χ4v) is 4.93. The fourth-order valence-electron chi connectivity index (χ4n) is 4.73. The van der Waals surface area contributed by atoms with Gasteiger partial charge in [-0.3, -0.25) is 4.79 Å². The van der Waals surface area contributed by atoms with Crippen LogP contribution in [0.4, 0.5) is 11.6 Å². The first-order valence-corrected chi connectivity index (χ1v) is 14.5. The summed E-state index contributed by atoms with van der Waals surface area (Å²) in [6, 6.07) is 10.5. The van der Waals surface area contributed by atoms with E-state index in [-0.39, 0.29) is 5.91 Å². The third-order valence-corrected chi connectivity index (χ3v) is 7.40. The Labute approximate surface area is 242 Å². The number of aromatic nitrogens is 2. The van der Waals surface area contributed by atoms with Crippen LogP contribution in [0.2, 0.25) is 5.02 Å². The van der Waals surface area contributed by atoms with Crippen LogP contribution >= 0.6 is 11.6 Å². The third-order valence-electron chi connectivity index (χ3n) is 7.10. The van der Waals surface area contributed by atoms with Crippen LogP contribution in [0.3, 0.4) is 0 Å².